The summed E-state index contributed by atoms with van der Waals surface area (Å²) in [4.78, 5) is 0. The standard InChI is InChI=1S/C14H12ClN3O/c1-19-14-6-9(8-16)2-5-12(14)18-13-7-10(15)3-4-11(13)17/h2-7,18H,17H2,1H3. The zero-order valence-corrected chi connectivity index (χ0v) is 11.0. The van der Waals surface area contributed by atoms with Crippen LogP contribution < -0.4 is 15.8 Å². The summed E-state index contributed by atoms with van der Waals surface area (Å²) >= 11 is 5.93. The maximum absolute atomic E-state index is 8.86. The molecule has 0 aromatic heterocycles. The second-order valence-electron chi connectivity index (χ2n) is 3.88. The van der Waals surface area contributed by atoms with Gasteiger partial charge in [0.15, 0.2) is 0 Å². The molecule has 0 saturated carbocycles. The molecule has 3 N–H and O–H groups in total. The molecule has 96 valence electrons. The predicted octanol–water partition coefficient (Wildman–Crippen LogP) is 3.55. The van der Waals surface area contributed by atoms with E-state index in [1.165, 1.54) is 0 Å². The fourth-order valence-corrected chi connectivity index (χ4v) is 1.82. The average Bonchev–Trinajstić information content (AvgIpc) is 2.43. The minimum atomic E-state index is 0.529. The highest BCUT2D eigenvalue weighted by Gasteiger charge is 2.07. The molecule has 0 radical (unpaired) electrons. The van der Waals surface area contributed by atoms with Crippen molar-refractivity contribution in [2.24, 2.45) is 0 Å². The number of ether oxygens (including phenoxy) is 1. The summed E-state index contributed by atoms with van der Waals surface area (Å²) in [6, 6.07) is 12.4. The molecule has 19 heavy (non-hydrogen) atoms. The van der Waals surface area contributed by atoms with Crippen LogP contribution in [0.15, 0.2) is 36.4 Å². The Balaban J connectivity index is 2.38. The summed E-state index contributed by atoms with van der Waals surface area (Å²) in [5.41, 5.74) is 8.39. The Morgan fingerprint density at radius 3 is 2.68 bits per heavy atom. The Morgan fingerprint density at radius 1 is 1.21 bits per heavy atom. The van der Waals surface area contributed by atoms with Gasteiger partial charge >= 0.3 is 0 Å². The second kappa shape index (κ2) is 5.51. The van der Waals surface area contributed by atoms with Crippen LogP contribution in [0.5, 0.6) is 5.75 Å². The lowest BCUT2D eigenvalue weighted by molar-refractivity contribution is 0.416. The van der Waals surface area contributed by atoms with Crippen LogP contribution in [0.25, 0.3) is 0 Å². The van der Waals surface area contributed by atoms with Gasteiger partial charge in [-0.3, -0.25) is 0 Å². The Morgan fingerprint density at radius 2 is 2.00 bits per heavy atom. The first-order valence-electron chi connectivity index (χ1n) is 5.54. The van der Waals surface area contributed by atoms with Gasteiger partial charge in [-0.05, 0) is 30.3 Å². The van der Waals surface area contributed by atoms with Crippen LogP contribution in [-0.4, -0.2) is 7.11 Å². The molecule has 0 amide bonds. The van der Waals surface area contributed by atoms with Crippen LogP contribution in [0.2, 0.25) is 5.02 Å². The van der Waals surface area contributed by atoms with E-state index in [0.717, 1.165) is 5.69 Å². The van der Waals surface area contributed by atoms with E-state index in [1.807, 2.05) is 0 Å². The zero-order chi connectivity index (χ0) is 13.8. The van der Waals surface area contributed by atoms with Gasteiger partial charge in [-0.2, -0.15) is 5.26 Å². The molecule has 0 bridgehead atoms. The van der Waals surface area contributed by atoms with Crippen LogP contribution in [0, 0.1) is 11.3 Å². The van der Waals surface area contributed by atoms with Crippen LogP contribution in [0.1, 0.15) is 5.56 Å². The number of halogens is 1. The fraction of sp³-hybridized carbons (Fsp3) is 0.0714. The summed E-state index contributed by atoms with van der Waals surface area (Å²) in [6.45, 7) is 0. The van der Waals surface area contributed by atoms with E-state index in [1.54, 1.807) is 43.5 Å². The minimum absolute atomic E-state index is 0.529. The number of benzene rings is 2. The zero-order valence-electron chi connectivity index (χ0n) is 10.3. The summed E-state index contributed by atoms with van der Waals surface area (Å²) in [7, 11) is 1.54. The van der Waals surface area contributed by atoms with Gasteiger partial charge in [0.25, 0.3) is 0 Å². The molecule has 0 saturated heterocycles. The van der Waals surface area contributed by atoms with Gasteiger partial charge in [0.1, 0.15) is 5.75 Å². The number of nitrogens with two attached hydrogens (primary N) is 1. The number of rotatable bonds is 3. The second-order valence-corrected chi connectivity index (χ2v) is 4.32. The molecule has 0 spiro atoms. The topological polar surface area (TPSA) is 71.1 Å². The van der Waals surface area contributed by atoms with Gasteiger partial charge in [0, 0.05) is 11.1 Å². The molecule has 0 fully saturated rings. The highest BCUT2D eigenvalue weighted by atomic mass is 35.5. The van der Waals surface area contributed by atoms with Crippen molar-refractivity contribution in [2.75, 3.05) is 18.2 Å². The van der Waals surface area contributed by atoms with Crippen molar-refractivity contribution in [3.8, 4) is 11.8 Å². The van der Waals surface area contributed by atoms with Crippen molar-refractivity contribution in [2.45, 2.75) is 0 Å². The smallest absolute Gasteiger partial charge is 0.143 e. The number of nitrogen functional groups attached to an aromatic ring is 1. The quantitative estimate of drug-likeness (QED) is 0.839. The molecule has 4 nitrogen and oxygen atoms in total. The third-order valence-corrected chi connectivity index (χ3v) is 2.85. The first-order chi connectivity index (χ1) is 9.13. The van der Waals surface area contributed by atoms with Crippen molar-refractivity contribution in [3.05, 3.63) is 47.0 Å². The lowest BCUT2D eigenvalue weighted by Gasteiger charge is -2.13. The third kappa shape index (κ3) is 2.90. The molecule has 0 aliphatic carbocycles. The lowest BCUT2D eigenvalue weighted by atomic mass is 10.2. The molecule has 0 atom stereocenters. The Bertz CT molecular complexity index is 650. The summed E-state index contributed by atoms with van der Waals surface area (Å²) in [6.07, 6.45) is 0. The predicted molar refractivity (Wildman–Crippen MR) is 76.9 cm³/mol. The maximum Gasteiger partial charge on any atom is 0.143 e. The van der Waals surface area contributed by atoms with E-state index in [-0.39, 0.29) is 0 Å². The number of methoxy groups -OCH3 is 1. The molecule has 0 aliphatic rings. The first kappa shape index (κ1) is 13.1. The van der Waals surface area contributed by atoms with Crippen LogP contribution in [0.4, 0.5) is 17.1 Å². The normalized spacial score (nSPS) is 9.74. The highest BCUT2D eigenvalue weighted by Crippen LogP contribution is 2.32. The lowest BCUT2D eigenvalue weighted by Crippen LogP contribution is -1.98. The summed E-state index contributed by atoms with van der Waals surface area (Å²) in [5.74, 6) is 0.568. The van der Waals surface area contributed by atoms with E-state index in [0.29, 0.717) is 27.7 Å². The van der Waals surface area contributed by atoms with E-state index < -0.39 is 0 Å². The Kier molecular flexibility index (Phi) is 3.79. The molecule has 2 aromatic carbocycles. The van der Waals surface area contributed by atoms with Gasteiger partial charge in [-0.1, -0.05) is 11.6 Å². The van der Waals surface area contributed by atoms with E-state index in [2.05, 4.69) is 11.4 Å². The number of hydrogen-bond acceptors (Lipinski definition) is 4. The molecule has 2 rings (SSSR count). The van der Waals surface area contributed by atoms with E-state index in [9.17, 15) is 0 Å². The molecule has 0 unspecified atom stereocenters. The van der Waals surface area contributed by atoms with Crippen molar-refractivity contribution >= 4 is 28.7 Å². The van der Waals surface area contributed by atoms with Crippen molar-refractivity contribution < 1.29 is 4.74 Å². The molecule has 5 heteroatoms. The van der Waals surface area contributed by atoms with Crippen LogP contribution in [0.3, 0.4) is 0 Å². The average molecular weight is 274 g/mol. The van der Waals surface area contributed by atoms with Gasteiger partial charge < -0.3 is 15.8 Å². The van der Waals surface area contributed by atoms with Crippen molar-refractivity contribution in [1.82, 2.24) is 0 Å². The SMILES string of the molecule is COc1cc(C#N)ccc1Nc1cc(Cl)ccc1N. The Labute approximate surface area is 116 Å². The minimum Gasteiger partial charge on any atom is -0.495 e. The monoisotopic (exact) mass is 273 g/mol. The fourth-order valence-electron chi connectivity index (χ4n) is 1.65. The number of nitrogens with one attached hydrogen (secondary N) is 1. The maximum atomic E-state index is 8.86. The molecular weight excluding hydrogens is 262 g/mol. The largest absolute Gasteiger partial charge is 0.495 e. The Hall–Kier alpha value is -2.38. The van der Waals surface area contributed by atoms with Gasteiger partial charge in [0.05, 0.1) is 35.8 Å². The summed E-state index contributed by atoms with van der Waals surface area (Å²) in [5, 5.41) is 12.6. The number of nitrogens with zero attached hydrogens (tertiary/aromatic N) is 1. The highest BCUT2D eigenvalue weighted by molar-refractivity contribution is 6.31. The number of hydrogen-bond donors (Lipinski definition) is 2. The number of nitriles is 1. The van der Waals surface area contributed by atoms with Crippen LogP contribution >= 0.6 is 11.6 Å². The molecule has 2 aromatic rings. The van der Waals surface area contributed by atoms with Gasteiger partial charge in [-0.25, -0.2) is 0 Å². The van der Waals surface area contributed by atoms with Crippen molar-refractivity contribution in [3.63, 3.8) is 0 Å². The van der Waals surface area contributed by atoms with Gasteiger partial charge in [0.2, 0.25) is 0 Å². The van der Waals surface area contributed by atoms with Crippen LogP contribution in [-0.2, 0) is 0 Å². The van der Waals surface area contributed by atoms with E-state index >= 15 is 0 Å². The molecule has 0 aliphatic heterocycles. The molecule has 0 heterocycles. The first-order valence-corrected chi connectivity index (χ1v) is 5.92. The van der Waals surface area contributed by atoms with Gasteiger partial charge in [-0.15, -0.1) is 0 Å². The third-order valence-electron chi connectivity index (χ3n) is 2.62. The van der Waals surface area contributed by atoms with Crippen molar-refractivity contribution in [1.29, 1.82) is 5.26 Å². The van der Waals surface area contributed by atoms with E-state index in [4.69, 9.17) is 27.3 Å². The summed E-state index contributed by atoms with van der Waals surface area (Å²) < 4.78 is 5.24. The molecular formula is C14H12ClN3O. The number of anilines is 3.